The van der Waals surface area contributed by atoms with Crippen LogP contribution in [0.4, 0.5) is 0 Å². The second kappa shape index (κ2) is 9.15. The van der Waals surface area contributed by atoms with Crippen LogP contribution in [-0.4, -0.2) is 19.2 Å². The highest BCUT2D eigenvalue weighted by Crippen LogP contribution is 2.26. The van der Waals surface area contributed by atoms with Gasteiger partial charge in [0.25, 0.3) is 0 Å². The molecule has 1 unspecified atom stereocenters. The van der Waals surface area contributed by atoms with Crippen LogP contribution in [0.5, 0.6) is 0 Å². The van der Waals surface area contributed by atoms with Crippen LogP contribution in [0.15, 0.2) is 30.3 Å². The molecule has 1 aliphatic carbocycles. The van der Waals surface area contributed by atoms with Gasteiger partial charge < -0.3 is 10.1 Å². The lowest BCUT2D eigenvalue weighted by Gasteiger charge is -2.25. The Hall–Kier alpha value is -0.860. The van der Waals surface area contributed by atoms with Gasteiger partial charge in [0, 0.05) is 6.54 Å². The summed E-state index contributed by atoms with van der Waals surface area (Å²) in [5, 5.41) is 3.51. The molecule has 2 rings (SSSR count). The molecule has 1 aromatic rings. The molecule has 2 heteroatoms. The standard InChI is InChI=1S/C18H29NO/c1-2-14-19-15-18(16-10-6-5-7-11-16)20-17-12-8-3-4-9-13-17/h5-7,10-11,17-19H,2-4,8-9,12-15H2,1H3. The Morgan fingerprint density at radius 1 is 1.10 bits per heavy atom. The van der Waals surface area contributed by atoms with Crippen LogP contribution in [0.3, 0.4) is 0 Å². The number of hydrogen-bond acceptors (Lipinski definition) is 2. The van der Waals surface area contributed by atoms with E-state index < -0.39 is 0 Å². The van der Waals surface area contributed by atoms with E-state index in [0.29, 0.717) is 6.10 Å². The van der Waals surface area contributed by atoms with E-state index in [-0.39, 0.29) is 6.10 Å². The van der Waals surface area contributed by atoms with Gasteiger partial charge in [-0.3, -0.25) is 0 Å². The zero-order chi connectivity index (χ0) is 14.0. The molecular formula is C18H29NO. The van der Waals surface area contributed by atoms with E-state index in [1.165, 1.54) is 50.5 Å². The Labute approximate surface area is 123 Å². The highest BCUT2D eigenvalue weighted by Gasteiger charge is 2.19. The van der Waals surface area contributed by atoms with Crippen molar-refractivity contribution >= 4 is 0 Å². The van der Waals surface area contributed by atoms with Crippen molar-refractivity contribution in [1.29, 1.82) is 0 Å². The molecule has 0 aromatic heterocycles. The molecule has 1 N–H and O–H groups in total. The fraction of sp³-hybridized carbons (Fsp3) is 0.667. The van der Waals surface area contributed by atoms with E-state index in [2.05, 4.69) is 42.6 Å². The number of nitrogens with one attached hydrogen (secondary N) is 1. The molecule has 1 saturated carbocycles. The van der Waals surface area contributed by atoms with Crippen molar-refractivity contribution in [1.82, 2.24) is 5.32 Å². The smallest absolute Gasteiger partial charge is 0.0952 e. The third-order valence-corrected chi connectivity index (χ3v) is 4.09. The molecule has 112 valence electrons. The Kier molecular flexibility index (Phi) is 7.10. The summed E-state index contributed by atoms with van der Waals surface area (Å²) in [7, 11) is 0. The van der Waals surface area contributed by atoms with Crippen LogP contribution in [0.25, 0.3) is 0 Å². The molecule has 1 aromatic carbocycles. The zero-order valence-corrected chi connectivity index (χ0v) is 12.8. The maximum atomic E-state index is 6.44. The third-order valence-electron chi connectivity index (χ3n) is 4.09. The van der Waals surface area contributed by atoms with Crippen molar-refractivity contribution in [3.63, 3.8) is 0 Å². The molecule has 1 atom stereocenters. The molecule has 0 bridgehead atoms. The molecular weight excluding hydrogens is 246 g/mol. The molecule has 2 nitrogen and oxygen atoms in total. The quantitative estimate of drug-likeness (QED) is 0.585. The molecule has 0 spiro atoms. The zero-order valence-electron chi connectivity index (χ0n) is 12.8. The van der Waals surface area contributed by atoms with Gasteiger partial charge in [-0.2, -0.15) is 0 Å². The summed E-state index contributed by atoms with van der Waals surface area (Å²) in [6.45, 7) is 4.20. The van der Waals surface area contributed by atoms with Gasteiger partial charge in [0.05, 0.1) is 12.2 Å². The van der Waals surface area contributed by atoms with Crippen molar-refractivity contribution in [3.05, 3.63) is 35.9 Å². The van der Waals surface area contributed by atoms with Crippen molar-refractivity contribution in [2.45, 2.75) is 64.1 Å². The van der Waals surface area contributed by atoms with Gasteiger partial charge >= 0.3 is 0 Å². The number of hydrogen-bond donors (Lipinski definition) is 1. The minimum Gasteiger partial charge on any atom is -0.369 e. The summed E-state index contributed by atoms with van der Waals surface area (Å²) in [5.41, 5.74) is 1.31. The van der Waals surface area contributed by atoms with Crippen molar-refractivity contribution < 1.29 is 4.74 Å². The molecule has 1 fully saturated rings. The summed E-state index contributed by atoms with van der Waals surface area (Å²) < 4.78 is 6.44. The Bertz CT molecular complexity index is 344. The fourth-order valence-corrected chi connectivity index (χ4v) is 2.93. The molecule has 1 aliphatic rings. The van der Waals surface area contributed by atoms with Gasteiger partial charge in [-0.05, 0) is 31.4 Å². The van der Waals surface area contributed by atoms with E-state index in [9.17, 15) is 0 Å². The number of rotatable bonds is 7. The van der Waals surface area contributed by atoms with Gasteiger partial charge in [-0.1, -0.05) is 62.9 Å². The lowest BCUT2D eigenvalue weighted by Crippen LogP contribution is -2.27. The minimum atomic E-state index is 0.200. The van der Waals surface area contributed by atoms with E-state index in [0.717, 1.165) is 13.1 Å². The normalized spacial score (nSPS) is 18.6. The first kappa shape index (κ1) is 15.5. The largest absolute Gasteiger partial charge is 0.369 e. The van der Waals surface area contributed by atoms with Crippen LogP contribution >= 0.6 is 0 Å². The highest BCUT2D eigenvalue weighted by molar-refractivity contribution is 5.18. The van der Waals surface area contributed by atoms with Gasteiger partial charge in [-0.25, -0.2) is 0 Å². The first-order valence-electron chi connectivity index (χ1n) is 8.31. The fourth-order valence-electron chi connectivity index (χ4n) is 2.93. The van der Waals surface area contributed by atoms with Gasteiger partial charge in [0.1, 0.15) is 0 Å². The van der Waals surface area contributed by atoms with Crippen molar-refractivity contribution in [2.75, 3.05) is 13.1 Å². The average Bonchev–Trinajstić information content (AvgIpc) is 2.76. The summed E-state index contributed by atoms with van der Waals surface area (Å²) >= 11 is 0. The lowest BCUT2D eigenvalue weighted by molar-refractivity contribution is -0.0200. The van der Waals surface area contributed by atoms with Crippen LogP contribution in [-0.2, 0) is 4.74 Å². The van der Waals surface area contributed by atoms with Crippen LogP contribution < -0.4 is 5.32 Å². The summed E-state index contributed by atoms with van der Waals surface area (Å²) in [6, 6.07) is 10.7. The molecule has 0 aliphatic heterocycles. The van der Waals surface area contributed by atoms with Crippen LogP contribution in [0.2, 0.25) is 0 Å². The molecule has 0 saturated heterocycles. The molecule has 0 amide bonds. The SMILES string of the molecule is CCCNCC(OC1CCCCCC1)c1ccccc1. The lowest BCUT2D eigenvalue weighted by atomic mass is 10.1. The van der Waals surface area contributed by atoms with E-state index in [1.807, 2.05) is 0 Å². The van der Waals surface area contributed by atoms with E-state index in [1.54, 1.807) is 0 Å². The summed E-state index contributed by atoms with van der Waals surface area (Å²) in [5.74, 6) is 0. The molecule has 20 heavy (non-hydrogen) atoms. The number of benzene rings is 1. The van der Waals surface area contributed by atoms with Crippen molar-refractivity contribution in [2.24, 2.45) is 0 Å². The predicted molar refractivity (Wildman–Crippen MR) is 84.9 cm³/mol. The Balaban J connectivity index is 1.94. The Morgan fingerprint density at radius 2 is 1.80 bits per heavy atom. The first-order valence-corrected chi connectivity index (χ1v) is 8.31. The first-order chi connectivity index (χ1) is 9.90. The average molecular weight is 275 g/mol. The summed E-state index contributed by atoms with van der Waals surface area (Å²) in [4.78, 5) is 0. The topological polar surface area (TPSA) is 21.3 Å². The molecule has 0 heterocycles. The highest BCUT2D eigenvalue weighted by atomic mass is 16.5. The van der Waals surface area contributed by atoms with Gasteiger partial charge in [0.15, 0.2) is 0 Å². The molecule has 0 radical (unpaired) electrons. The second-order valence-corrected chi connectivity index (χ2v) is 5.85. The van der Waals surface area contributed by atoms with E-state index >= 15 is 0 Å². The number of ether oxygens (including phenoxy) is 1. The summed E-state index contributed by atoms with van der Waals surface area (Å²) in [6.07, 6.45) is 9.70. The predicted octanol–water partition coefficient (Wildman–Crippen LogP) is 4.47. The maximum Gasteiger partial charge on any atom is 0.0952 e. The monoisotopic (exact) mass is 275 g/mol. The van der Waals surface area contributed by atoms with Gasteiger partial charge in [-0.15, -0.1) is 0 Å². The second-order valence-electron chi connectivity index (χ2n) is 5.85. The van der Waals surface area contributed by atoms with Crippen LogP contribution in [0.1, 0.15) is 63.5 Å². The Morgan fingerprint density at radius 3 is 2.45 bits per heavy atom. The third kappa shape index (κ3) is 5.26. The maximum absolute atomic E-state index is 6.44. The van der Waals surface area contributed by atoms with Crippen molar-refractivity contribution in [3.8, 4) is 0 Å². The minimum absolute atomic E-state index is 0.200. The van der Waals surface area contributed by atoms with E-state index in [4.69, 9.17) is 4.74 Å². The van der Waals surface area contributed by atoms with Gasteiger partial charge in [0.2, 0.25) is 0 Å². The van der Waals surface area contributed by atoms with Crippen LogP contribution in [0, 0.1) is 0 Å².